The molecule has 0 spiro atoms. The van der Waals surface area contributed by atoms with Gasteiger partial charge in [-0.2, -0.15) is 4.98 Å². The van der Waals surface area contributed by atoms with Crippen LogP contribution in [0.3, 0.4) is 0 Å². The lowest BCUT2D eigenvalue weighted by Gasteiger charge is -2.35. The average Bonchev–Trinajstić information content (AvgIpc) is 3.57. The second-order valence-electron chi connectivity index (χ2n) is 9.65. The van der Waals surface area contributed by atoms with E-state index in [0.717, 1.165) is 79.3 Å². The van der Waals surface area contributed by atoms with Crippen LogP contribution in [0.1, 0.15) is 84.3 Å². The van der Waals surface area contributed by atoms with E-state index in [0.29, 0.717) is 30.8 Å². The molecule has 1 saturated heterocycles. The van der Waals surface area contributed by atoms with Crippen molar-refractivity contribution in [2.24, 2.45) is 5.92 Å². The molecule has 7 nitrogen and oxygen atoms in total. The summed E-state index contributed by atoms with van der Waals surface area (Å²) < 4.78 is 11.2. The van der Waals surface area contributed by atoms with Crippen LogP contribution in [0.5, 0.6) is 0 Å². The van der Waals surface area contributed by atoms with Crippen molar-refractivity contribution >= 4 is 16.8 Å². The van der Waals surface area contributed by atoms with Gasteiger partial charge in [0.2, 0.25) is 0 Å². The molecule has 0 radical (unpaired) electrons. The summed E-state index contributed by atoms with van der Waals surface area (Å²) in [5, 5.41) is 5.21. The molecule has 1 aromatic carbocycles. The molecule has 3 heterocycles. The highest BCUT2D eigenvalue weighted by Crippen LogP contribution is 2.35. The average molecular weight is 447 g/mol. The number of rotatable bonds is 6. The van der Waals surface area contributed by atoms with Gasteiger partial charge < -0.3 is 14.2 Å². The Bertz CT molecular complexity index is 1170. The van der Waals surface area contributed by atoms with Gasteiger partial charge in [0.1, 0.15) is 6.61 Å². The number of amides is 1. The Morgan fingerprint density at radius 2 is 1.94 bits per heavy atom. The maximum atomic E-state index is 14.1. The molecule has 172 valence electrons. The van der Waals surface area contributed by atoms with Crippen LogP contribution in [0.15, 0.2) is 28.8 Å². The number of likely N-dealkylation sites (tertiary alicyclic amines) is 1. The topological polar surface area (TPSA) is 81.4 Å². The van der Waals surface area contributed by atoms with Crippen LogP contribution < -0.4 is 0 Å². The number of aromatic nitrogens is 3. The number of para-hydroxylation sites is 1. The molecule has 2 aromatic heterocycles. The lowest BCUT2D eigenvalue weighted by Crippen LogP contribution is -2.39. The van der Waals surface area contributed by atoms with E-state index in [2.05, 4.69) is 10.1 Å². The number of aryl methyl sites for hydroxylation is 1. The van der Waals surface area contributed by atoms with Crippen molar-refractivity contribution in [3.8, 4) is 0 Å². The molecule has 33 heavy (non-hydrogen) atoms. The Hall–Kier alpha value is -2.80. The third-order valence-electron chi connectivity index (χ3n) is 7.20. The number of hydrogen-bond donors (Lipinski definition) is 0. The zero-order valence-electron chi connectivity index (χ0n) is 19.0. The van der Waals surface area contributed by atoms with Gasteiger partial charge in [-0.25, -0.2) is 0 Å². The van der Waals surface area contributed by atoms with E-state index in [1.54, 1.807) is 0 Å². The van der Waals surface area contributed by atoms with Crippen molar-refractivity contribution < 1.29 is 14.1 Å². The zero-order chi connectivity index (χ0) is 22.2. The third kappa shape index (κ3) is 4.14. The lowest BCUT2D eigenvalue weighted by atomic mass is 9.88. The summed E-state index contributed by atoms with van der Waals surface area (Å²) in [5.74, 6) is 1.86. The van der Waals surface area contributed by atoms with Crippen molar-refractivity contribution in [2.75, 3.05) is 13.2 Å². The third-order valence-corrected chi connectivity index (χ3v) is 7.20. The fourth-order valence-electron chi connectivity index (χ4n) is 5.26. The van der Waals surface area contributed by atoms with E-state index in [1.807, 2.05) is 29.2 Å². The van der Waals surface area contributed by atoms with Crippen molar-refractivity contribution in [1.82, 2.24) is 20.0 Å². The molecular formula is C26H30N4O3. The molecule has 7 heteroatoms. The van der Waals surface area contributed by atoms with Crippen LogP contribution in [-0.4, -0.2) is 39.1 Å². The normalized spacial score (nSPS) is 20.7. The molecule has 2 aliphatic carbocycles. The summed E-state index contributed by atoms with van der Waals surface area (Å²) in [6, 6.07) is 7.87. The fourth-order valence-corrected chi connectivity index (χ4v) is 5.26. The summed E-state index contributed by atoms with van der Waals surface area (Å²) in [4.78, 5) is 25.6. The Morgan fingerprint density at radius 1 is 1.06 bits per heavy atom. The number of benzene rings is 1. The monoisotopic (exact) mass is 446 g/mol. The molecule has 1 saturated carbocycles. The Balaban J connectivity index is 1.31. The molecular weight excluding hydrogens is 416 g/mol. The van der Waals surface area contributed by atoms with E-state index < -0.39 is 0 Å². The molecule has 1 amide bonds. The summed E-state index contributed by atoms with van der Waals surface area (Å²) in [5.41, 5.74) is 3.96. The Kier molecular flexibility index (Phi) is 5.58. The molecule has 6 rings (SSSR count). The minimum absolute atomic E-state index is 0.0767. The van der Waals surface area contributed by atoms with Gasteiger partial charge in [0.15, 0.2) is 5.82 Å². The van der Waals surface area contributed by atoms with Gasteiger partial charge in [-0.1, -0.05) is 23.4 Å². The van der Waals surface area contributed by atoms with E-state index >= 15 is 0 Å². The van der Waals surface area contributed by atoms with Gasteiger partial charge >= 0.3 is 0 Å². The standard InChI is InChI=1S/C26H30N4O3/c31-26(24-18-7-1-3-9-20(18)27-21-10-4-2-8-19(21)24)30-14-6-5-11-22(30)25-28-23(33-29-25)16-32-15-17-12-13-17/h1,3,7,9,17,22H,2,4-6,8,10-16H2. The number of hydrogen-bond acceptors (Lipinski definition) is 6. The van der Waals surface area contributed by atoms with Gasteiger partial charge in [-0.3, -0.25) is 9.78 Å². The highest BCUT2D eigenvalue weighted by molar-refractivity contribution is 6.08. The molecule has 0 N–H and O–H groups in total. The Labute approximate surface area is 193 Å². The van der Waals surface area contributed by atoms with Crippen LogP contribution in [0, 0.1) is 5.92 Å². The molecule has 3 aliphatic rings. The molecule has 1 atom stereocenters. The molecule has 1 aliphatic heterocycles. The first-order valence-electron chi connectivity index (χ1n) is 12.4. The summed E-state index contributed by atoms with van der Waals surface area (Å²) in [6.45, 7) is 1.80. The molecule has 2 fully saturated rings. The number of nitrogens with zero attached hydrogens (tertiary/aromatic N) is 4. The van der Waals surface area contributed by atoms with Gasteiger partial charge in [0.25, 0.3) is 11.8 Å². The number of ether oxygens (including phenoxy) is 1. The van der Waals surface area contributed by atoms with Crippen LogP contribution in [0.2, 0.25) is 0 Å². The summed E-state index contributed by atoms with van der Waals surface area (Å²) in [6.07, 6.45) is 9.48. The summed E-state index contributed by atoms with van der Waals surface area (Å²) in [7, 11) is 0. The highest BCUT2D eigenvalue weighted by Gasteiger charge is 2.35. The van der Waals surface area contributed by atoms with Gasteiger partial charge in [0.05, 0.1) is 23.7 Å². The van der Waals surface area contributed by atoms with Gasteiger partial charge in [-0.15, -0.1) is 0 Å². The SMILES string of the molecule is O=C(c1c2c(nc3ccccc13)CCCC2)N1CCCCC1c1noc(COCC2CC2)n1. The van der Waals surface area contributed by atoms with Gasteiger partial charge in [0, 0.05) is 17.6 Å². The molecule has 0 bridgehead atoms. The first-order chi connectivity index (χ1) is 16.3. The minimum Gasteiger partial charge on any atom is -0.371 e. The lowest BCUT2D eigenvalue weighted by molar-refractivity contribution is 0.0597. The zero-order valence-corrected chi connectivity index (χ0v) is 19.0. The minimum atomic E-state index is -0.168. The smallest absolute Gasteiger partial charge is 0.255 e. The van der Waals surface area contributed by atoms with Gasteiger partial charge in [-0.05, 0) is 75.3 Å². The van der Waals surface area contributed by atoms with Crippen molar-refractivity contribution in [3.63, 3.8) is 0 Å². The number of carbonyl (C=O) groups is 1. The quantitative estimate of drug-likeness (QED) is 0.541. The fraction of sp³-hybridized carbons (Fsp3) is 0.538. The van der Waals surface area contributed by atoms with Crippen LogP contribution in [0.25, 0.3) is 10.9 Å². The van der Waals surface area contributed by atoms with Crippen molar-refractivity contribution in [2.45, 2.75) is 70.4 Å². The second-order valence-corrected chi connectivity index (χ2v) is 9.65. The van der Waals surface area contributed by atoms with E-state index in [9.17, 15) is 4.79 Å². The van der Waals surface area contributed by atoms with Crippen LogP contribution in [-0.2, 0) is 24.2 Å². The van der Waals surface area contributed by atoms with E-state index in [4.69, 9.17) is 14.2 Å². The molecule has 1 unspecified atom stereocenters. The summed E-state index contributed by atoms with van der Waals surface area (Å²) >= 11 is 0. The second kappa shape index (κ2) is 8.86. The molecule has 3 aromatic rings. The van der Waals surface area contributed by atoms with Crippen LogP contribution in [0.4, 0.5) is 0 Å². The first-order valence-corrected chi connectivity index (χ1v) is 12.4. The number of pyridine rings is 1. The predicted octanol–water partition coefficient (Wildman–Crippen LogP) is 4.79. The Morgan fingerprint density at radius 3 is 2.85 bits per heavy atom. The van der Waals surface area contributed by atoms with E-state index in [-0.39, 0.29) is 11.9 Å². The van der Waals surface area contributed by atoms with Crippen molar-refractivity contribution in [3.05, 3.63) is 52.8 Å². The van der Waals surface area contributed by atoms with E-state index in [1.165, 1.54) is 12.8 Å². The maximum absolute atomic E-state index is 14.1. The maximum Gasteiger partial charge on any atom is 0.255 e. The highest BCUT2D eigenvalue weighted by atomic mass is 16.5. The first kappa shape index (κ1) is 20.8. The number of piperidine rings is 1. The van der Waals surface area contributed by atoms with Crippen molar-refractivity contribution in [1.29, 1.82) is 0 Å². The number of fused-ring (bicyclic) bond motifs is 2. The largest absolute Gasteiger partial charge is 0.371 e. The predicted molar refractivity (Wildman–Crippen MR) is 123 cm³/mol. The van der Waals surface area contributed by atoms with Crippen LogP contribution >= 0.6 is 0 Å². The number of carbonyl (C=O) groups excluding carboxylic acids is 1.